The first-order valence-electron chi connectivity index (χ1n) is 5.88. The molecule has 0 fully saturated rings. The standard InChI is InChI=1S/C12H15FO5S2/c1-2-20(17,18)7-3-6-19(16)11-8-9(12(14)15)4-5-10(11)13/h4-5,8H,2-3,6-7H2,1H3,(H,14,15). The van der Waals surface area contributed by atoms with E-state index >= 15 is 0 Å². The largest absolute Gasteiger partial charge is 0.478 e. The third-order valence-electron chi connectivity index (χ3n) is 2.65. The van der Waals surface area contributed by atoms with Crippen molar-refractivity contribution in [3.05, 3.63) is 29.6 Å². The number of carboxylic acids is 1. The molecule has 0 aliphatic carbocycles. The van der Waals surface area contributed by atoms with Gasteiger partial charge in [0, 0.05) is 11.5 Å². The van der Waals surface area contributed by atoms with Crippen molar-refractivity contribution in [3.63, 3.8) is 0 Å². The molecule has 20 heavy (non-hydrogen) atoms. The van der Waals surface area contributed by atoms with Gasteiger partial charge in [-0.25, -0.2) is 17.6 Å². The Kier molecular flexibility index (Phi) is 5.82. The zero-order valence-electron chi connectivity index (χ0n) is 10.8. The summed E-state index contributed by atoms with van der Waals surface area (Å²) in [6.45, 7) is 1.52. The summed E-state index contributed by atoms with van der Waals surface area (Å²) in [5.74, 6) is -2.14. The van der Waals surface area contributed by atoms with Crippen LogP contribution in [0.1, 0.15) is 23.7 Å². The van der Waals surface area contributed by atoms with Crippen molar-refractivity contribution >= 4 is 26.6 Å². The number of aromatic carboxylic acids is 1. The van der Waals surface area contributed by atoms with Gasteiger partial charge in [-0.1, -0.05) is 6.92 Å². The van der Waals surface area contributed by atoms with Crippen molar-refractivity contribution in [2.75, 3.05) is 17.3 Å². The number of halogens is 1. The van der Waals surface area contributed by atoms with Crippen LogP contribution < -0.4 is 0 Å². The zero-order chi connectivity index (χ0) is 15.3. The number of benzene rings is 1. The molecular weight excluding hydrogens is 307 g/mol. The molecule has 1 atom stereocenters. The molecule has 0 radical (unpaired) electrons. The van der Waals surface area contributed by atoms with E-state index in [0.29, 0.717) is 0 Å². The van der Waals surface area contributed by atoms with Crippen molar-refractivity contribution in [2.24, 2.45) is 0 Å². The maximum atomic E-state index is 13.5. The predicted octanol–water partition coefficient (Wildman–Crippen LogP) is 1.46. The number of sulfone groups is 1. The lowest BCUT2D eigenvalue weighted by molar-refractivity contribution is 0.0696. The number of hydrogen-bond acceptors (Lipinski definition) is 4. The summed E-state index contributed by atoms with van der Waals surface area (Å²) in [5, 5.41) is 8.80. The maximum Gasteiger partial charge on any atom is 0.335 e. The van der Waals surface area contributed by atoms with Gasteiger partial charge < -0.3 is 5.11 Å². The normalized spacial score (nSPS) is 13.1. The summed E-state index contributed by atoms with van der Waals surface area (Å²) in [6.07, 6.45) is 0.138. The van der Waals surface area contributed by atoms with E-state index in [9.17, 15) is 21.8 Å². The van der Waals surface area contributed by atoms with Crippen molar-refractivity contribution in [1.29, 1.82) is 0 Å². The fourth-order valence-electron chi connectivity index (χ4n) is 1.48. The van der Waals surface area contributed by atoms with Gasteiger partial charge in [0.25, 0.3) is 0 Å². The zero-order valence-corrected chi connectivity index (χ0v) is 12.5. The van der Waals surface area contributed by atoms with E-state index in [-0.39, 0.29) is 34.1 Å². The molecule has 1 aromatic rings. The highest BCUT2D eigenvalue weighted by Crippen LogP contribution is 2.16. The SMILES string of the molecule is CCS(=O)(=O)CCCS(=O)c1cc(C(=O)O)ccc1F. The Bertz CT molecular complexity index is 625. The highest BCUT2D eigenvalue weighted by atomic mass is 32.2. The lowest BCUT2D eigenvalue weighted by Crippen LogP contribution is -2.12. The van der Waals surface area contributed by atoms with Crippen LogP contribution >= 0.6 is 0 Å². The van der Waals surface area contributed by atoms with E-state index in [4.69, 9.17) is 5.11 Å². The van der Waals surface area contributed by atoms with Crippen LogP contribution in [0.5, 0.6) is 0 Å². The minimum atomic E-state index is -3.15. The van der Waals surface area contributed by atoms with E-state index in [1.807, 2.05) is 0 Å². The molecule has 8 heteroatoms. The lowest BCUT2D eigenvalue weighted by atomic mass is 10.2. The maximum absolute atomic E-state index is 13.5. The second-order valence-corrected chi connectivity index (χ2v) is 8.10. The van der Waals surface area contributed by atoms with Gasteiger partial charge in [0.2, 0.25) is 0 Å². The van der Waals surface area contributed by atoms with Gasteiger partial charge >= 0.3 is 5.97 Å². The summed E-state index contributed by atoms with van der Waals surface area (Å²) < 4.78 is 48.0. The molecule has 0 aliphatic heterocycles. The Morgan fingerprint density at radius 1 is 1.40 bits per heavy atom. The van der Waals surface area contributed by atoms with Crippen molar-refractivity contribution in [2.45, 2.75) is 18.2 Å². The molecular formula is C12H15FO5S2. The fraction of sp³-hybridized carbons (Fsp3) is 0.417. The third-order valence-corrected chi connectivity index (χ3v) is 5.90. The van der Waals surface area contributed by atoms with E-state index in [1.165, 1.54) is 6.92 Å². The van der Waals surface area contributed by atoms with Gasteiger partial charge in [-0.15, -0.1) is 0 Å². The van der Waals surface area contributed by atoms with Crippen molar-refractivity contribution in [1.82, 2.24) is 0 Å². The topological polar surface area (TPSA) is 88.5 Å². The molecule has 0 saturated heterocycles. The summed E-state index contributed by atoms with van der Waals surface area (Å²) in [4.78, 5) is 10.6. The average Bonchev–Trinajstić information content (AvgIpc) is 2.38. The number of rotatable bonds is 7. The van der Waals surface area contributed by atoms with Gasteiger partial charge in [0.15, 0.2) is 0 Å². The molecule has 1 aromatic carbocycles. The predicted molar refractivity (Wildman–Crippen MR) is 73.6 cm³/mol. The first-order valence-corrected chi connectivity index (χ1v) is 9.02. The van der Waals surface area contributed by atoms with Crippen molar-refractivity contribution in [3.8, 4) is 0 Å². The number of carboxylic acid groups (broad SMARTS) is 1. The molecule has 0 spiro atoms. The molecule has 0 aromatic heterocycles. The van der Waals surface area contributed by atoms with Gasteiger partial charge in [-0.2, -0.15) is 0 Å². The Hall–Kier alpha value is -1.28. The van der Waals surface area contributed by atoms with Crippen LogP contribution in [-0.2, 0) is 20.6 Å². The van der Waals surface area contributed by atoms with Crippen LogP contribution in [0.4, 0.5) is 4.39 Å². The van der Waals surface area contributed by atoms with Gasteiger partial charge in [-0.3, -0.25) is 4.21 Å². The van der Waals surface area contributed by atoms with Crippen molar-refractivity contribution < 1.29 is 26.9 Å². The Morgan fingerprint density at radius 3 is 2.60 bits per heavy atom. The molecule has 0 amide bonds. The average molecular weight is 322 g/mol. The van der Waals surface area contributed by atoms with E-state index in [0.717, 1.165) is 18.2 Å². The molecule has 112 valence electrons. The van der Waals surface area contributed by atoms with E-state index in [2.05, 4.69) is 0 Å². The molecule has 1 N–H and O–H groups in total. The Labute approximate surface area is 119 Å². The molecule has 0 saturated carbocycles. The van der Waals surface area contributed by atoms with Crippen LogP contribution in [-0.4, -0.2) is 41.0 Å². The minimum Gasteiger partial charge on any atom is -0.478 e. The Morgan fingerprint density at radius 2 is 2.05 bits per heavy atom. The quantitative estimate of drug-likeness (QED) is 0.821. The second kappa shape index (κ2) is 6.94. The Balaban J connectivity index is 2.78. The number of hydrogen-bond donors (Lipinski definition) is 1. The van der Waals surface area contributed by atoms with Crippen LogP contribution in [0.3, 0.4) is 0 Å². The van der Waals surface area contributed by atoms with Gasteiger partial charge in [0.05, 0.1) is 27.0 Å². The fourth-order valence-corrected chi connectivity index (χ4v) is 3.70. The summed E-state index contributed by atoms with van der Waals surface area (Å²) in [5.41, 5.74) is -0.157. The first kappa shape index (κ1) is 16.8. The highest BCUT2D eigenvalue weighted by molar-refractivity contribution is 7.91. The van der Waals surface area contributed by atoms with E-state index < -0.39 is 32.4 Å². The van der Waals surface area contributed by atoms with E-state index in [1.54, 1.807) is 0 Å². The lowest BCUT2D eigenvalue weighted by Gasteiger charge is -2.05. The van der Waals surface area contributed by atoms with Crippen LogP contribution in [0.15, 0.2) is 23.1 Å². The molecule has 1 rings (SSSR count). The molecule has 1 unspecified atom stereocenters. The molecule has 5 nitrogen and oxygen atoms in total. The number of carbonyl (C=O) groups is 1. The first-order chi connectivity index (χ1) is 9.26. The van der Waals surface area contributed by atoms with Gasteiger partial charge in [-0.05, 0) is 24.6 Å². The smallest absolute Gasteiger partial charge is 0.335 e. The second-order valence-electron chi connectivity index (χ2n) is 4.09. The molecule has 0 bridgehead atoms. The minimum absolute atomic E-state index is 0.00248. The third kappa shape index (κ3) is 4.68. The summed E-state index contributed by atoms with van der Waals surface area (Å²) in [6, 6.07) is 3.04. The summed E-state index contributed by atoms with van der Waals surface area (Å²) in [7, 11) is -4.91. The monoisotopic (exact) mass is 322 g/mol. The van der Waals surface area contributed by atoms with Crippen LogP contribution in [0, 0.1) is 5.82 Å². The molecule has 0 heterocycles. The van der Waals surface area contributed by atoms with Crippen LogP contribution in [0.2, 0.25) is 0 Å². The highest BCUT2D eigenvalue weighted by Gasteiger charge is 2.15. The van der Waals surface area contributed by atoms with Crippen LogP contribution in [0.25, 0.3) is 0 Å². The molecule has 0 aliphatic rings. The summed E-state index contributed by atoms with van der Waals surface area (Å²) >= 11 is 0. The van der Waals surface area contributed by atoms with Gasteiger partial charge in [0.1, 0.15) is 15.7 Å².